The number of nitro benzene ring substituents is 1. The van der Waals surface area contributed by atoms with Crippen molar-refractivity contribution in [2.45, 2.75) is 32.4 Å². The lowest BCUT2D eigenvalue weighted by atomic mass is 10.2. The van der Waals surface area contributed by atoms with E-state index in [1.165, 1.54) is 24.4 Å². The van der Waals surface area contributed by atoms with Crippen molar-refractivity contribution in [2.24, 2.45) is 0 Å². The van der Waals surface area contributed by atoms with Gasteiger partial charge in [0.1, 0.15) is 6.61 Å². The summed E-state index contributed by atoms with van der Waals surface area (Å²) in [6, 6.07) is 5.55. The van der Waals surface area contributed by atoms with Crippen molar-refractivity contribution in [3.05, 3.63) is 45.0 Å². The largest absolute Gasteiger partial charge is 0.482 e. The van der Waals surface area contributed by atoms with Crippen LogP contribution in [0, 0.1) is 10.1 Å². The van der Waals surface area contributed by atoms with Gasteiger partial charge in [-0.1, -0.05) is 17.7 Å². The molecular formula is C14H17ClN2O3. The molecule has 1 saturated carbocycles. The van der Waals surface area contributed by atoms with Gasteiger partial charge in [-0.2, -0.15) is 0 Å². The molecule has 1 fully saturated rings. The molecule has 2 rings (SSSR count). The molecule has 0 bridgehead atoms. The fourth-order valence-corrected chi connectivity index (χ4v) is 1.77. The highest BCUT2D eigenvalue weighted by Gasteiger charge is 2.21. The molecule has 0 aliphatic heterocycles. The lowest BCUT2D eigenvalue weighted by Gasteiger charge is -2.09. The van der Waals surface area contributed by atoms with Gasteiger partial charge in [0.15, 0.2) is 5.75 Å². The van der Waals surface area contributed by atoms with Crippen LogP contribution in [0.2, 0.25) is 0 Å². The van der Waals surface area contributed by atoms with Crippen molar-refractivity contribution in [3.8, 4) is 5.75 Å². The average molecular weight is 297 g/mol. The highest BCUT2D eigenvalue weighted by Crippen LogP contribution is 2.29. The van der Waals surface area contributed by atoms with Crippen LogP contribution in [0.4, 0.5) is 5.69 Å². The van der Waals surface area contributed by atoms with Crippen LogP contribution in [0.3, 0.4) is 0 Å². The molecule has 6 heteroatoms. The zero-order valence-corrected chi connectivity index (χ0v) is 12.0. The van der Waals surface area contributed by atoms with Crippen molar-refractivity contribution in [2.75, 3.05) is 6.61 Å². The standard InChI is InChI=1S/C14H17ClN2O3/c1-10(7-15)9-20-14-6-11(8-16-12-3-4-12)2-5-13(14)17(18)19/h2,5-7,12,16H,3-4,8-9H2,1H3/b10-7-. The molecule has 5 nitrogen and oxygen atoms in total. The predicted octanol–water partition coefficient (Wildman–Crippen LogP) is 3.37. The smallest absolute Gasteiger partial charge is 0.310 e. The summed E-state index contributed by atoms with van der Waals surface area (Å²) in [6.07, 6.45) is 2.41. The predicted molar refractivity (Wildman–Crippen MR) is 78.1 cm³/mol. The first-order chi connectivity index (χ1) is 9.60. The molecule has 1 N–H and O–H groups in total. The number of nitrogens with one attached hydrogen (secondary N) is 1. The Kier molecular flexibility index (Phi) is 4.98. The van der Waals surface area contributed by atoms with E-state index in [-0.39, 0.29) is 18.0 Å². The Bertz CT molecular complexity index is 527. The van der Waals surface area contributed by atoms with Crippen LogP contribution in [0.5, 0.6) is 5.75 Å². The van der Waals surface area contributed by atoms with Crippen LogP contribution in [0.1, 0.15) is 25.3 Å². The maximum atomic E-state index is 11.0. The van der Waals surface area contributed by atoms with E-state index in [1.54, 1.807) is 19.1 Å². The Balaban J connectivity index is 2.10. The molecule has 1 aromatic carbocycles. The van der Waals surface area contributed by atoms with Crippen LogP contribution in [-0.2, 0) is 6.54 Å². The highest BCUT2D eigenvalue weighted by atomic mass is 35.5. The summed E-state index contributed by atoms with van der Waals surface area (Å²) < 4.78 is 5.49. The SMILES string of the molecule is C/C(=C/Cl)COc1cc(CNC2CC2)ccc1[N+](=O)[O-]. The van der Waals surface area contributed by atoms with Crippen LogP contribution >= 0.6 is 11.6 Å². The Hall–Kier alpha value is -1.59. The van der Waals surface area contributed by atoms with Gasteiger partial charge in [0.05, 0.1) is 4.92 Å². The van der Waals surface area contributed by atoms with E-state index in [0.717, 1.165) is 11.1 Å². The molecule has 0 heterocycles. The minimum Gasteiger partial charge on any atom is -0.482 e. The monoisotopic (exact) mass is 296 g/mol. The summed E-state index contributed by atoms with van der Waals surface area (Å²) >= 11 is 5.56. The van der Waals surface area contributed by atoms with Gasteiger partial charge >= 0.3 is 5.69 Å². The van der Waals surface area contributed by atoms with E-state index < -0.39 is 4.92 Å². The van der Waals surface area contributed by atoms with Crippen molar-refractivity contribution in [1.29, 1.82) is 0 Å². The first-order valence-electron chi connectivity index (χ1n) is 6.49. The molecule has 0 amide bonds. The van der Waals surface area contributed by atoms with Crippen molar-refractivity contribution >= 4 is 17.3 Å². The summed E-state index contributed by atoms with van der Waals surface area (Å²) in [4.78, 5) is 10.6. The van der Waals surface area contributed by atoms with Crippen molar-refractivity contribution in [1.82, 2.24) is 5.32 Å². The Morgan fingerprint density at radius 3 is 2.95 bits per heavy atom. The number of hydrogen-bond donors (Lipinski definition) is 1. The zero-order chi connectivity index (χ0) is 14.5. The molecule has 0 aromatic heterocycles. The highest BCUT2D eigenvalue weighted by molar-refractivity contribution is 6.25. The van der Waals surface area contributed by atoms with Gasteiger partial charge in [-0.25, -0.2) is 0 Å². The Morgan fingerprint density at radius 2 is 2.35 bits per heavy atom. The number of benzene rings is 1. The Labute approximate surface area is 122 Å². The Morgan fingerprint density at radius 1 is 1.60 bits per heavy atom. The molecule has 0 radical (unpaired) electrons. The summed E-state index contributed by atoms with van der Waals surface area (Å²) in [7, 11) is 0. The van der Waals surface area contributed by atoms with E-state index in [4.69, 9.17) is 16.3 Å². The summed E-state index contributed by atoms with van der Waals surface area (Å²) in [5.74, 6) is 0.281. The van der Waals surface area contributed by atoms with Gasteiger partial charge < -0.3 is 10.1 Å². The lowest BCUT2D eigenvalue weighted by Crippen LogP contribution is -2.15. The van der Waals surface area contributed by atoms with Crippen LogP contribution in [0.15, 0.2) is 29.3 Å². The number of rotatable bonds is 7. The normalized spacial score (nSPS) is 15.2. The minimum atomic E-state index is -0.437. The third-order valence-electron chi connectivity index (χ3n) is 3.03. The number of ether oxygens (including phenoxy) is 1. The molecule has 1 aliphatic carbocycles. The van der Waals surface area contributed by atoms with Crippen LogP contribution in [0.25, 0.3) is 0 Å². The molecule has 1 aliphatic rings. The third kappa shape index (κ3) is 4.21. The molecule has 20 heavy (non-hydrogen) atoms. The second-order valence-electron chi connectivity index (χ2n) is 4.96. The third-order valence-corrected chi connectivity index (χ3v) is 3.41. The van der Waals surface area contributed by atoms with Gasteiger partial charge in [-0.3, -0.25) is 10.1 Å². The van der Waals surface area contributed by atoms with Crippen LogP contribution in [-0.4, -0.2) is 17.6 Å². The van der Waals surface area contributed by atoms with Crippen molar-refractivity contribution in [3.63, 3.8) is 0 Å². The molecular weight excluding hydrogens is 280 g/mol. The molecule has 108 valence electrons. The molecule has 0 spiro atoms. The molecule has 0 saturated heterocycles. The van der Waals surface area contributed by atoms with Gasteiger partial charge in [0.2, 0.25) is 0 Å². The second-order valence-corrected chi connectivity index (χ2v) is 5.18. The topological polar surface area (TPSA) is 64.4 Å². The second kappa shape index (κ2) is 6.72. The fourth-order valence-electron chi connectivity index (χ4n) is 1.71. The minimum absolute atomic E-state index is 0.0254. The quantitative estimate of drug-likeness (QED) is 0.619. The molecule has 0 unspecified atom stereocenters. The van der Waals surface area contributed by atoms with Gasteiger partial charge in [-0.15, -0.1) is 0 Å². The maximum Gasteiger partial charge on any atom is 0.310 e. The van der Waals surface area contributed by atoms with E-state index in [2.05, 4.69) is 5.32 Å². The van der Waals surface area contributed by atoms with E-state index in [0.29, 0.717) is 12.6 Å². The number of nitrogens with zero attached hydrogens (tertiary/aromatic N) is 1. The van der Waals surface area contributed by atoms with E-state index >= 15 is 0 Å². The van der Waals surface area contributed by atoms with Gasteiger partial charge in [-0.05, 0) is 37.0 Å². The summed E-state index contributed by atoms with van der Waals surface area (Å²) in [6.45, 7) is 2.74. The number of halogens is 1. The first-order valence-corrected chi connectivity index (χ1v) is 6.93. The van der Waals surface area contributed by atoms with E-state index in [9.17, 15) is 10.1 Å². The average Bonchev–Trinajstić information content (AvgIpc) is 3.26. The van der Waals surface area contributed by atoms with E-state index in [1.807, 2.05) is 0 Å². The maximum absolute atomic E-state index is 11.0. The lowest BCUT2D eigenvalue weighted by molar-refractivity contribution is -0.385. The summed E-state index contributed by atoms with van der Waals surface area (Å²) in [5.41, 5.74) is 3.17. The van der Waals surface area contributed by atoms with Gasteiger partial charge in [0, 0.05) is 24.2 Å². The number of hydrogen-bond acceptors (Lipinski definition) is 4. The van der Waals surface area contributed by atoms with Crippen molar-refractivity contribution < 1.29 is 9.66 Å². The van der Waals surface area contributed by atoms with Gasteiger partial charge in [0.25, 0.3) is 0 Å². The van der Waals surface area contributed by atoms with Crippen LogP contribution < -0.4 is 10.1 Å². The summed E-state index contributed by atoms with van der Waals surface area (Å²) in [5, 5.41) is 14.4. The number of nitro groups is 1. The first kappa shape index (κ1) is 14.8. The molecule has 0 atom stereocenters. The molecule has 1 aromatic rings. The zero-order valence-electron chi connectivity index (χ0n) is 11.3. The fraction of sp³-hybridized carbons (Fsp3) is 0.429.